The average molecular weight is 277 g/mol. The van der Waals surface area contributed by atoms with Crippen LogP contribution < -0.4 is 10.5 Å². The topological polar surface area (TPSA) is 53.1 Å². The van der Waals surface area contributed by atoms with E-state index in [2.05, 4.69) is 4.98 Å². The van der Waals surface area contributed by atoms with Gasteiger partial charge in [-0.05, 0) is 25.0 Å². The standard InChI is InChI=1S/C15H20FN3O/c1-11(17)10-12-4-3-5-13(16)15(12)20-9-6-14-18-7-8-19(14)2/h3-5,7-8,11H,6,9-10,17H2,1-2H3. The Labute approximate surface area is 118 Å². The Morgan fingerprint density at radius 3 is 2.90 bits per heavy atom. The molecule has 20 heavy (non-hydrogen) atoms. The van der Waals surface area contributed by atoms with Crippen LogP contribution in [0.25, 0.3) is 0 Å². The fourth-order valence-corrected chi connectivity index (χ4v) is 2.10. The summed E-state index contributed by atoms with van der Waals surface area (Å²) in [6.45, 7) is 2.28. The van der Waals surface area contributed by atoms with Crippen LogP contribution in [-0.4, -0.2) is 22.2 Å². The molecule has 0 amide bonds. The maximum Gasteiger partial charge on any atom is 0.165 e. The minimum atomic E-state index is -0.344. The molecule has 0 aliphatic heterocycles. The smallest absolute Gasteiger partial charge is 0.165 e. The van der Waals surface area contributed by atoms with Crippen LogP contribution in [0.15, 0.2) is 30.6 Å². The third kappa shape index (κ3) is 3.57. The summed E-state index contributed by atoms with van der Waals surface area (Å²) in [5.41, 5.74) is 6.58. The van der Waals surface area contributed by atoms with E-state index in [1.807, 2.05) is 30.8 Å². The highest BCUT2D eigenvalue weighted by molar-refractivity contribution is 5.35. The number of hydrogen-bond donors (Lipinski definition) is 1. The predicted octanol–water partition coefficient (Wildman–Crippen LogP) is 2.07. The van der Waals surface area contributed by atoms with Gasteiger partial charge in [0.05, 0.1) is 6.61 Å². The van der Waals surface area contributed by atoms with Gasteiger partial charge in [-0.25, -0.2) is 9.37 Å². The van der Waals surface area contributed by atoms with Crippen LogP contribution in [0.4, 0.5) is 4.39 Å². The highest BCUT2D eigenvalue weighted by Gasteiger charge is 2.11. The monoisotopic (exact) mass is 277 g/mol. The molecule has 1 unspecified atom stereocenters. The van der Waals surface area contributed by atoms with Crippen molar-refractivity contribution < 1.29 is 9.13 Å². The van der Waals surface area contributed by atoms with E-state index in [0.29, 0.717) is 25.2 Å². The van der Waals surface area contributed by atoms with Crippen LogP contribution in [0.5, 0.6) is 5.75 Å². The second kappa shape index (κ2) is 6.52. The minimum absolute atomic E-state index is 0.0336. The molecule has 0 saturated carbocycles. The largest absolute Gasteiger partial charge is 0.490 e. The Morgan fingerprint density at radius 2 is 2.25 bits per heavy atom. The van der Waals surface area contributed by atoms with Gasteiger partial charge in [0, 0.05) is 31.9 Å². The van der Waals surface area contributed by atoms with E-state index in [1.54, 1.807) is 12.3 Å². The van der Waals surface area contributed by atoms with Crippen LogP contribution in [-0.2, 0) is 19.9 Å². The van der Waals surface area contributed by atoms with Crippen molar-refractivity contribution in [1.29, 1.82) is 0 Å². The van der Waals surface area contributed by atoms with E-state index in [4.69, 9.17) is 10.5 Å². The Bertz CT molecular complexity index is 566. The molecule has 0 spiro atoms. The van der Waals surface area contributed by atoms with E-state index in [1.165, 1.54) is 6.07 Å². The fourth-order valence-electron chi connectivity index (χ4n) is 2.10. The van der Waals surface area contributed by atoms with Crippen LogP contribution in [0.2, 0.25) is 0 Å². The van der Waals surface area contributed by atoms with Gasteiger partial charge in [-0.2, -0.15) is 0 Å². The lowest BCUT2D eigenvalue weighted by Gasteiger charge is -2.13. The van der Waals surface area contributed by atoms with Crippen molar-refractivity contribution in [3.63, 3.8) is 0 Å². The number of aryl methyl sites for hydroxylation is 1. The SMILES string of the molecule is CC(N)Cc1cccc(F)c1OCCc1nccn1C. The number of hydrogen-bond acceptors (Lipinski definition) is 3. The summed E-state index contributed by atoms with van der Waals surface area (Å²) in [4.78, 5) is 4.21. The van der Waals surface area contributed by atoms with E-state index in [9.17, 15) is 4.39 Å². The normalized spacial score (nSPS) is 12.4. The number of rotatable bonds is 6. The van der Waals surface area contributed by atoms with E-state index in [-0.39, 0.29) is 11.9 Å². The molecule has 1 heterocycles. The first-order valence-corrected chi connectivity index (χ1v) is 6.70. The van der Waals surface area contributed by atoms with E-state index in [0.717, 1.165) is 11.4 Å². The summed E-state index contributed by atoms with van der Waals surface area (Å²) in [6, 6.07) is 4.90. The average Bonchev–Trinajstić information content (AvgIpc) is 2.78. The number of halogens is 1. The second-order valence-electron chi connectivity index (χ2n) is 4.96. The summed E-state index contributed by atoms with van der Waals surface area (Å²) in [6.07, 6.45) is 4.84. The minimum Gasteiger partial charge on any atom is -0.490 e. The van der Waals surface area contributed by atoms with Crippen molar-refractivity contribution in [2.24, 2.45) is 12.8 Å². The Balaban J connectivity index is 2.03. The first-order chi connectivity index (χ1) is 9.58. The van der Waals surface area contributed by atoms with Crippen molar-refractivity contribution >= 4 is 0 Å². The summed E-state index contributed by atoms with van der Waals surface area (Å²) in [5, 5.41) is 0. The van der Waals surface area contributed by atoms with Crippen LogP contribution in [0.3, 0.4) is 0 Å². The summed E-state index contributed by atoms with van der Waals surface area (Å²) < 4.78 is 21.4. The van der Waals surface area contributed by atoms with Crippen molar-refractivity contribution in [3.05, 3.63) is 47.8 Å². The van der Waals surface area contributed by atoms with Gasteiger partial charge in [0.25, 0.3) is 0 Å². The van der Waals surface area contributed by atoms with E-state index < -0.39 is 0 Å². The number of nitrogens with zero attached hydrogens (tertiary/aromatic N) is 2. The Hall–Kier alpha value is -1.88. The molecule has 2 rings (SSSR count). The number of imidazole rings is 1. The Morgan fingerprint density at radius 1 is 1.45 bits per heavy atom. The molecule has 2 aromatic rings. The molecular weight excluding hydrogens is 257 g/mol. The van der Waals surface area contributed by atoms with Gasteiger partial charge in [-0.1, -0.05) is 12.1 Å². The molecule has 1 aromatic carbocycles. The van der Waals surface area contributed by atoms with Gasteiger partial charge in [0.2, 0.25) is 0 Å². The van der Waals surface area contributed by atoms with E-state index >= 15 is 0 Å². The molecular formula is C15H20FN3O. The van der Waals surface area contributed by atoms with Gasteiger partial charge in [-0.15, -0.1) is 0 Å². The number of ether oxygens (including phenoxy) is 1. The second-order valence-corrected chi connectivity index (χ2v) is 4.96. The van der Waals surface area contributed by atoms with Gasteiger partial charge in [0.15, 0.2) is 11.6 Å². The highest BCUT2D eigenvalue weighted by atomic mass is 19.1. The molecule has 5 heteroatoms. The van der Waals surface area contributed by atoms with Crippen molar-refractivity contribution in [2.75, 3.05) is 6.61 Å². The first-order valence-electron chi connectivity index (χ1n) is 6.70. The molecule has 0 aliphatic carbocycles. The fraction of sp³-hybridized carbons (Fsp3) is 0.400. The number of benzene rings is 1. The number of nitrogens with two attached hydrogens (primary N) is 1. The molecule has 0 fully saturated rings. The third-order valence-corrected chi connectivity index (χ3v) is 3.08. The van der Waals surface area contributed by atoms with Crippen LogP contribution >= 0.6 is 0 Å². The highest BCUT2D eigenvalue weighted by Crippen LogP contribution is 2.24. The molecule has 0 radical (unpaired) electrons. The molecule has 2 N–H and O–H groups in total. The lowest BCUT2D eigenvalue weighted by molar-refractivity contribution is 0.297. The maximum absolute atomic E-state index is 13.9. The first kappa shape index (κ1) is 14.5. The van der Waals surface area contributed by atoms with Gasteiger partial charge < -0.3 is 15.0 Å². The van der Waals surface area contributed by atoms with Gasteiger partial charge >= 0.3 is 0 Å². The maximum atomic E-state index is 13.9. The molecule has 0 bridgehead atoms. The summed E-state index contributed by atoms with van der Waals surface area (Å²) >= 11 is 0. The quantitative estimate of drug-likeness (QED) is 0.879. The van der Waals surface area contributed by atoms with Gasteiger partial charge in [-0.3, -0.25) is 0 Å². The molecule has 4 nitrogen and oxygen atoms in total. The Kier molecular flexibility index (Phi) is 4.74. The van der Waals surface area contributed by atoms with Gasteiger partial charge in [0.1, 0.15) is 5.82 Å². The molecule has 0 saturated heterocycles. The lowest BCUT2D eigenvalue weighted by atomic mass is 10.1. The van der Waals surface area contributed by atoms with Crippen molar-refractivity contribution in [3.8, 4) is 5.75 Å². The summed E-state index contributed by atoms with van der Waals surface area (Å²) in [7, 11) is 1.92. The zero-order valence-electron chi connectivity index (χ0n) is 11.8. The van der Waals surface area contributed by atoms with Crippen LogP contribution in [0, 0.1) is 5.82 Å². The molecule has 1 atom stereocenters. The van der Waals surface area contributed by atoms with Crippen molar-refractivity contribution in [2.45, 2.75) is 25.8 Å². The van der Waals surface area contributed by atoms with Crippen molar-refractivity contribution in [1.82, 2.24) is 9.55 Å². The summed E-state index contributed by atoms with van der Waals surface area (Å²) in [5.74, 6) is 0.872. The number of para-hydroxylation sites is 1. The molecule has 0 aliphatic rings. The molecule has 108 valence electrons. The predicted molar refractivity (Wildman–Crippen MR) is 76.2 cm³/mol. The number of aromatic nitrogens is 2. The third-order valence-electron chi connectivity index (χ3n) is 3.08. The van der Waals surface area contributed by atoms with Crippen LogP contribution in [0.1, 0.15) is 18.3 Å². The lowest BCUT2D eigenvalue weighted by Crippen LogP contribution is -2.19. The zero-order chi connectivity index (χ0) is 14.5. The molecule has 1 aromatic heterocycles. The zero-order valence-corrected chi connectivity index (χ0v) is 11.8.